The van der Waals surface area contributed by atoms with Crippen molar-refractivity contribution in [1.29, 1.82) is 0 Å². The topological polar surface area (TPSA) is 42.7 Å². The van der Waals surface area contributed by atoms with Gasteiger partial charge in [-0.3, -0.25) is 4.98 Å². The van der Waals surface area contributed by atoms with Crippen molar-refractivity contribution in [2.24, 2.45) is 0 Å². The van der Waals surface area contributed by atoms with Crippen molar-refractivity contribution in [3.63, 3.8) is 0 Å². The van der Waals surface area contributed by atoms with Crippen molar-refractivity contribution in [3.05, 3.63) is 48.3 Å². The second kappa shape index (κ2) is 5.31. The SMILES string of the molecule is c1cc(CCn2cncc2C2CCNC2)ccn1. The van der Waals surface area contributed by atoms with Gasteiger partial charge in [-0.1, -0.05) is 0 Å². The fourth-order valence-corrected chi connectivity index (χ4v) is 2.56. The maximum Gasteiger partial charge on any atom is 0.0948 e. The Morgan fingerprint density at radius 3 is 2.94 bits per heavy atom. The van der Waals surface area contributed by atoms with E-state index < -0.39 is 0 Å². The number of hydrogen-bond acceptors (Lipinski definition) is 3. The zero-order valence-electron chi connectivity index (χ0n) is 10.4. The molecule has 1 aliphatic heterocycles. The van der Waals surface area contributed by atoms with Crippen LogP contribution in [0.1, 0.15) is 23.6 Å². The van der Waals surface area contributed by atoms with Gasteiger partial charge in [0.1, 0.15) is 0 Å². The number of nitrogens with one attached hydrogen (secondary N) is 1. The number of aromatic nitrogens is 3. The number of aryl methyl sites for hydroxylation is 2. The minimum Gasteiger partial charge on any atom is -0.334 e. The summed E-state index contributed by atoms with van der Waals surface area (Å²) in [5, 5.41) is 3.41. The summed E-state index contributed by atoms with van der Waals surface area (Å²) >= 11 is 0. The second-order valence-corrected chi connectivity index (χ2v) is 4.81. The van der Waals surface area contributed by atoms with Gasteiger partial charge < -0.3 is 9.88 Å². The molecule has 4 nitrogen and oxygen atoms in total. The van der Waals surface area contributed by atoms with Gasteiger partial charge in [-0.2, -0.15) is 0 Å². The molecule has 1 saturated heterocycles. The summed E-state index contributed by atoms with van der Waals surface area (Å²) in [5.74, 6) is 0.630. The van der Waals surface area contributed by atoms with Crippen molar-refractivity contribution in [1.82, 2.24) is 19.9 Å². The summed E-state index contributed by atoms with van der Waals surface area (Å²) in [4.78, 5) is 8.35. The molecular weight excluding hydrogens is 224 g/mol. The Balaban J connectivity index is 1.68. The standard InChI is InChI=1S/C14H18N4/c1-5-15-6-2-12(1)4-8-18-11-17-10-14(18)13-3-7-16-9-13/h1-2,5-6,10-11,13,16H,3-4,7-9H2. The van der Waals surface area contributed by atoms with Gasteiger partial charge in [0.2, 0.25) is 0 Å². The summed E-state index contributed by atoms with van der Waals surface area (Å²) < 4.78 is 2.29. The van der Waals surface area contributed by atoms with Gasteiger partial charge >= 0.3 is 0 Å². The predicted octanol–water partition coefficient (Wildman–Crippen LogP) is 1.60. The Kier molecular flexibility index (Phi) is 3.37. The highest BCUT2D eigenvalue weighted by molar-refractivity contribution is 5.12. The lowest BCUT2D eigenvalue weighted by molar-refractivity contribution is 0.612. The molecule has 0 bridgehead atoms. The third-order valence-electron chi connectivity index (χ3n) is 3.61. The van der Waals surface area contributed by atoms with Gasteiger partial charge in [-0.15, -0.1) is 0 Å². The molecule has 0 saturated carbocycles. The van der Waals surface area contributed by atoms with E-state index in [-0.39, 0.29) is 0 Å². The van der Waals surface area contributed by atoms with Crippen LogP contribution in [0, 0.1) is 0 Å². The predicted molar refractivity (Wildman–Crippen MR) is 70.4 cm³/mol. The first-order chi connectivity index (χ1) is 8.93. The molecule has 18 heavy (non-hydrogen) atoms. The highest BCUT2D eigenvalue weighted by Gasteiger charge is 2.19. The number of imidazole rings is 1. The Morgan fingerprint density at radius 2 is 2.17 bits per heavy atom. The fourth-order valence-electron chi connectivity index (χ4n) is 2.56. The van der Waals surface area contributed by atoms with Crippen molar-refractivity contribution >= 4 is 0 Å². The van der Waals surface area contributed by atoms with E-state index in [1.807, 2.05) is 24.9 Å². The van der Waals surface area contributed by atoms with E-state index in [9.17, 15) is 0 Å². The largest absolute Gasteiger partial charge is 0.334 e. The monoisotopic (exact) mass is 242 g/mol. The third kappa shape index (κ3) is 2.43. The van der Waals surface area contributed by atoms with E-state index in [1.165, 1.54) is 17.7 Å². The van der Waals surface area contributed by atoms with Crippen LogP contribution in [0.25, 0.3) is 0 Å². The maximum absolute atomic E-state index is 4.30. The fraction of sp³-hybridized carbons (Fsp3) is 0.429. The molecule has 0 aromatic carbocycles. The van der Waals surface area contributed by atoms with Gasteiger partial charge in [0.15, 0.2) is 0 Å². The molecule has 0 amide bonds. The first kappa shape index (κ1) is 11.4. The summed E-state index contributed by atoms with van der Waals surface area (Å²) in [6.45, 7) is 3.21. The van der Waals surface area contributed by atoms with E-state index in [2.05, 4.69) is 32.0 Å². The maximum atomic E-state index is 4.30. The molecule has 1 fully saturated rings. The van der Waals surface area contributed by atoms with Gasteiger partial charge in [0.25, 0.3) is 0 Å². The lowest BCUT2D eigenvalue weighted by atomic mass is 10.1. The average molecular weight is 242 g/mol. The van der Waals surface area contributed by atoms with Crippen LogP contribution >= 0.6 is 0 Å². The van der Waals surface area contributed by atoms with Crippen LogP contribution < -0.4 is 5.32 Å². The van der Waals surface area contributed by atoms with Gasteiger partial charge in [-0.05, 0) is 37.1 Å². The minimum atomic E-state index is 0.630. The van der Waals surface area contributed by atoms with Crippen LogP contribution in [-0.4, -0.2) is 27.6 Å². The first-order valence-electron chi connectivity index (χ1n) is 6.53. The van der Waals surface area contributed by atoms with E-state index >= 15 is 0 Å². The Morgan fingerprint density at radius 1 is 1.28 bits per heavy atom. The first-order valence-corrected chi connectivity index (χ1v) is 6.53. The molecule has 2 aromatic heterocycles. The van der Waals surface area contributed by atoms with E-state index in [1.54, 1.807) is 0 Å². The van der Waals surface area contributed by atoms with E-state index in [4.69, 9.17) is 0 Å². The van der Waals surface area contributed by atoms with Crippen molar-refractivity contribution < 1.29 is 0 Å². The highest BCUT2D eigenvalue weighted by atomic mass is 15.1. The normalized spacial score (nSPS) is 19.2. The molecule has 1 N–H and O–H groups in total. The quantitative estimate of drug-likeness (QED) is 0.885. The zero-order chi connectivity index (χ0) is 12.2. The number of rotatable bonds is 4. The number of hydrogen-bond donors (Lipinski definition) is 1. The Labute approximate surface area is 107 Å². The van der Waals surface area contributed by atoms with Gasteiger partial charge in [0, 0.05) is 43.3 Å². The van der Waals surface area contributed by atoms with Crippen molar-refractivity contribution in [2.45, 2.75) is 25.3 Å². The highest BCUT2D eigenvalue weighted by Crippen LogP contribution is 2.22. The zero-order valence-corrected chi connectivity index (χ0v) is 10.4. The Bertz CT molecular complexity index is 486. The molecule has 0 aliphatic carbocycles. The molecule has 0 spiro atoms. The molecule has 3 heterocycles. The molecule has 2 aromatic rings. The van der Waals surface area contributed by atoms with Gasteiger partial charge in [-0.25, -0.2) is 4.98 Å². The lowest BCUT2D eigenvalue weighted by Crippen LogP contribution is -2.12. The average Bonchev–Trinajstić information content (AvgIpc) is 3.08. The minimum absolute atomic E-state index is 0.630. The van der Waals surface area contributed by atoms with Crippen LogP contribution in [0.3, 0.4) is 0 Å². The van der Waals surface area contributed by atoms with Crippen LogP contribution in [-0.2, 0) is 13.0 Å². The lowest BCUT2D eigenvalue weighted by Gasteiger charge is -2.12. The van der Waals surface area contributed by atoms with Crippen molar-refractivity contribution in [2.75, 3.05) is 13.1 Å². The molecule has 1 unspecified atom stereocenters. The summed E-state index contributed by atoms with van der Waals surface area (Å²) in [5.41, 5.74) is 2.70. The van der Waals surface area contributed by atoms with Crippen LogP contribution in [0.15, 0.2) is 37.1 Å². The van der Waals surface area contributed by atoms with Crippen molar-refractivity contribution in [3.8, 4) is 0 Å². The molecule has 1 aliphatic rings. The summed E-state index contributed by atoms with van der Waals surface area (Å²) in [7, 11) is 0. The summed E-state index contributed by atoms with van der Waals surface area (Å²) in [6, 6.07) is 4.15. The van der Waals surface area contributed by atoms with Gasteiger partial charge in [0.05, 0.1) is 6.33 Å². The molecule has 4 heteroatoms. The summed E-state index contributed by atoms with van der Waals surface area (Å²) in [6.07, 6.45) is 9.93. The van der Waals surface area contributed by atoms with Crippen LogP contribution in [0.4, 0.5) is 0 Å². The molecule has 1 atom stereocenters. The van der Waals surface area contributed by atoms with Crippen LogP contribution in [0.2, 0.25) is 0 Å². The molecule has 3 rings (SSSR count). The second-order valence-electron chi connectivity index (χ2n) is 4.81. The smallest absolute Gasteiger partial charge is 0.0948 e. The van der Waals surface area contributed by atoms with E-state index in [0.717, 1.165) is 26.1 Å². The Hall–Kier alpha value is -1.68. The third-order valence-corrected chi connectivity index (χ3v) is 3.61. The molecule has 94 valence electrons. The number of pyridine rings is 1. The number of nitrogens with zero attached hydrogens (tertiary/aromatic N) is 3. The van der Waals surface area contributed by atoms with Crippen LogP contribution in [0.5, 0.6) is 0 Å². The van der Waals surface area contributed by atoms with E-state index in [0.29, 0.717) is 5.92 Å². The molecule has 0 radical (unpaired) electrons. The molecular formula is C14H18N4.